The summed E-state index contributed by atoms with van der Waals surface area (Å²) in [7, 11) is 3.43. The number of hydrogen-bond donors (Lipinski definition) is 0. The van der Waals surface area contributed by atoms with Crippen LogP contribution in [0.2, 0.25) is 0 Å². The molecule has 0 radical (unpaired) electrons. The fourth-order valence-electron chi connectivity index (χ4n) is 11.1. The van der Waals surface area contributed by atoms with Crippen LogP contribution in [0.25, 0.3) is 0 Å². The Hall–Kier alpha value is -0.800. The van der Waals surface area contributed by atoms with Gasteiger partial charge in [-0.3, -0.25) is 0 Å². The minimum Gasteiger partial charge on any atom is -0.353 e. The van der Waals surface area contributed by atoms with Crippen molar-refractivity contribution >= 4 is 0 Å². The highest BCUT2D eigenvalue weighted by atomic mass is 16.8. The summed E-state index contributed by atoms with van der Waals surface area (Å²) in [5, 5.41) is 0. The molecular weight excluding hydrogens is 1000 g/mol. The molecule has 0 spiro atoms. The van der Waals surface area contributed by atoms with Gasteiger partial charge in [-0.1, -0.05) is 322 Å². The Morgan fingerprint density at radius 3 is 0.654 bits per heavy atom. The van der Waals surface area contributed by atoms with E-state index in [1.165, 1.54) is 334 Å². The van der Waals surface area contributed by atoms with E-state index in [0.29, 0.717) is 0 Å². The molecule has 484 valence electrons. The third-order valence-electron chi connectivity index (χ3n) is 16.6. The number of unbranched alkanes of at least 4 members (excludes halogenated alkanes) is 48. The molecule has 0 aliphatic heterocycles. The normalized spacial score (nSPS) is 12.9. The monoisotopic (exact) mass is 1150 g/mol. The zero-order valence-electron chi connectivity index (χ0n) is 55.9. The standard InChI is InChI=1S/C74H146O7/c1-7-11-15-19-43-51-59-67-77-73(78-68-60-52-44-20-16-12-8-2)65-57-49-41-37-33-29-25-23-27-31-35-39-47-55-63-71(75-5)81-72(76-6)64-56-48-40-36-32-28-24-26-30-34-38-42-50-58-66-74(79-69-61-53-45-21-17-13-9-3)80-70-62-54-46-22-18-14-10-4/h55-56,63-64,71-74H,7-54,57-62,65-70H2,1-6H3. The summed E-state index contributed by atoms with van der Waals surface area (Å²) in [5.74, 6) is 0. The van der Waals surface area contributed by atoms with Crippen LogP contribution in [-0.2, 0) is 33.2 Å². The van der Waals surface area contributed by atoms with Gasteiger partial charge in [-0.2, -0.15) is 0 Å². The Labute approximate surface area is 508 Å². The lowest BCUT2D eigenvalue weighted by Gasteiger charge is -2.19. The lowest BCUT2D eigenvalue weighted by atomic mass is 10.0. The summed E-state index contributed by atoms with van der Waals surface area (Å²) in [6.07, 6.45) is 81.3. The van der Waals surface area contributed by atoms with Crippen molar-refractivity contribution < 1.29 is 33.2 Å². The lowest BCUT2D eigenvalue weighted by molar-refractivity contribution is -0.188. The maximum absolute atomic E-state index is 6.29. The maximum atomic E-state index is 6.29. The molecule has 2 unspecified atom stereocenters. The van der Waals surface area contributed by atoms with E-state index in [4.69, 9.17) is 33.2 Å². The molecule has 0 aliphatic rings. The van der Waals surface area contributed by atoms with Crippen molar-refractivity contribution in [2.45, 2.75) is 412 Å². The SMILES string of the molecule is CCCCCCCCCOC(CCCCCCCCCCCCCCC=CC(OC)OC(C=CCCCCCCCCCCCCCCC(OCCCCCCCCC)OCCCCCCCCC)OC)OCCCCCCCCC. The van der Waals surface area contributed by atoms with Gasteiger partial charge in [0.15, 0.2) is 25.2 Å². The topological polar surface area (TPSA) is 64.6 Å². The van der Waals surface area contributed by atoms with E-state index in [1.807, 2.05) is 0 Å². The molecule has 0 heterocycles. The largest absolute Gasteiger partial charge is 0.353 e. The molecule has 0 saturated heterocycles. The quantitative estimate of drug-likeness (QED) is 0.0342. The van der Waals surface area contributed by atoms with Crippen molar-refractivity contribution in [3.8, 4) is 0 Å². The van der Waals surface area contributed by atoms with Gasteiger partial charge in [0.05, 0.1) is 0 Å². The number of methoxy groups -OCH3 is 2. The van der Waals surface area contributed by atoms with Gasteiger partial charge < -0.3 is 33.2 Å². The Balaban J connectivity index is 3.96. The van der Waals surface area contributed by atoms with Gasteiger partial charge in [0.2, 0.25) is 0 Å². The maximum Gasteiger partial charge on any atom is 0.179 e. The average Bonchev–Trinajstić information content (AvgIpc) is 3.48. The zero-order valence-corrected chi connectivity index (χ0v) is 55.9. The molecule has 0 bridgehead atoms. The van der Waals surface area contributed by atoms with Crippen molar-refractivity contribution in [2.75, 3.05) is 40.6 Å². The highest BCUT2D eigenvalue weighted by Gasteiger charge is 2.13. The number of allylic oxidation sites excluding steroid dienone is 2. The highest BCUT2D eigenvalue weighted by molar-refractivity contribution is 4.89. The molecule has 0 aliphatic carbocycles. The molecule has 2 atom stereocenters. The molecule has 81 heavy (non-hydrogen) atoms. The van der Waals surface area contributed by atoms with Crippen molar-refractivity contribution in [2.24, 2.45) is 0 Å². The summed E-state index contributed by atoms with van der Waals surface area (Å²) in [5.41, 5.74) is 0. The first-order valence-electron chi connectivity index (χ1n) is 36.7. The van der Waals surface area contributed by atoms with Gasteiger partial charge in [0, 0.05) is 40.6 Å². The van der Waals surface area contributed by atoms with E-state index in [9.17, 15) is 0 Å². The van der Waals surface area contributed by atoms with E-state index < -0.39 is 0 Å². The van der Waals surface area contributed by atoms with Crippen LogP contribution in [-0.4, -0.2) is 65.8 Å². The molecule has 0 N–H and O–H groups in total. The van der Waals surface area contributed by atoms with Crippen LogP contribution in [0.3, 0.4) is 0 Å². The lowest BCUT2D eigenvalue weighted by Crippen LogP contribution is -2.22. The summed E-state index contributed by atoms with van der Waals surface area (Å²) in [4.78, 5) is 0. The molecule has 0 amide bonds. The Morgan fingerprint density at radius 1 is 0.235 bits per heavy atom. The van der Waals surface area contributed by atoms with E-state index in [2.05, 4.69) is 52.0 Å². The first kappa shape index (κ1) is 80.2. The number of hydrogen-bond acceptors (Lipinski definition) is 7. The molecule has 0 aromatic carbocycles. The summed E-state index contributed by atoms with van der Waals surface area (Å²) in [6.45, 7) is 12.6. The van der Waals surface area contributed by atoms with E-state index in [0.717, 1.165) is 52.1 Å². The third kappa shape index (κ3) is 65.0. The van der Waals surface area contributed by atoms with Gasteiger partial charge in [-0.25, -0.2) is 0 Å². The van der Waals surface area contributed by atoms with Crippen LogP contribution in [0.5, 0.6) is 0 Å². The van der Waals surface area contributed by atoms with Crippen LogP contribution in [0.4, 0.5) is 0 Å². The molecule has 0 rings (SSSR count). The second-order valence-electron chi connectivity index (χ2n) is 24.7. The molecule has 0 aromatic rings. The predicted molar refractivity (Wildman–Crippen MR) is 354 cm³/mol. The molecule has 0 aromatic heterocycles. The van der Waals surface area contributed by atoms with E-state index in [-0.39, 0.29) is 25.2 Å². The third-order valence-corrected chi connectivity index (χ3v) is 16.6. The second kappa shape index (κ2) is 71.7. The predicted octanol–water partition coefficient (Wildman–Crippen LogP) is 24.7. The summed E-state index contributed by atoms with van der Waals surface area (Å²) in [6, 6.07) is 0. The molecule has 7 heteroatoms. The van der Waals surface area contributed by atoms with Crippen LogP contribution >= 0.6 is 0 Å². The molecule has 0 fully saturated rings. The Kier molecular flexibility index (Phi) is 71.0. The summed E-state index contributed by atoms with van der Waals surface area (Å²) >= 11 is 0. The first-order chi connectivity index (χ1) is 40.1. The fourth-order valence-corrected chi connectivity index (χ4v) is 11.1. The highest BCUT2D eigenvalue weighted by Crippen LogP contribution is 2.20. The Bertz CT molecular complexity index is 1050. The van der Waals surface area contributed by atoms with Gasteiger partial charge in [-0.15, -0.1) is 0 Å². The van der Waals surface area contributed by atoms with Crippen molar-refractivity contribution in [3.05, 3.63) is 24.3 Å². The molecule has 0 saturated carbocycles. The van der Waals surface area contributed by atoms with Crippen LogP contribution < -0.4 is 0 Å². The van der Waals surface area contributed by atoms with Crippen LogP contribution in [0.1, 0.15) is 387 Å². The average molecular weight is 1150 g/mol. The van der Waals surface area contributed by atoms with Crippen molar-refractivity contribution in [3.63, 3.8) is 0 Å². The minimum atomic E-state index is -0.389. The van der Waals surface area contributed by atoms with Gasteiger partial charge in [-0.05, 0) is 89.2 Å². The van der Waals surface area contributed by atoms with Crippen LogP contribution in [0, 0.1) is 0 Å². The first-order valence-corrected chi connectivity index (χ1v) is 36.7. The van der Waals surface area contributed by atoms with E-state index in [1.54, 1.807) is 14.2 Å². The van der Waals surface area contributed by atoms with Gasteiger partial charge in [0.25, 0.3) is 0 Å². The minimum absolute atomic E-state index is 0.00662. The zero-order chi connectivity index (χ0) is 58.5. The van der Waals surface area contributed by atoms with E-state index >= 15 is 0 Å². The van der Waals surface area contributed by atoms with Crippen molar-refractivity contribution in [1.82, 2.24) is 0 Å². The number of ether oxygens (including phenoxy) is 7. The van der Waals surface area contributed by atoms with Crippen LogP contribution in [0.15, 0.2) is 24.3 Å². The van der Waals surface area contributed by atoms with Crippen molar-refractivity contribution in [1.29, 1.82) is 0 Å². The van der Waals surface area contributed by atoms with Gasteiger partial charge >= 0.3 is 0 Å². The second-order valence-corrected chi connectivity index (χ2v) is 24.7. The molecule has 7 nitrogen and oxygen atoms in total. The van der Waals surface area contributed by atoms with Gasteiger partial charge in [0.1, 0.15) is 0 Å². The Morgan fingerprint density at radius 2 is 0.432 bits per heavy atom. The number of rotatable bonds is 72. The molecular formula is C74H146O7. The summed E-state index contributed by atoms with van der Waals surface area (Å²) < 4.78 is 42.5. The fraction of sp³-hybridized carbons (Fsp3) is 0.946. The smallest absolute Gasteiger partial charge is 0.179 e.